The second-order valence-electron chi connectivity index (χ2n) is 4.12. The molecule has 0 saturated carbocycles. The van der Waals surface area contributed by atoms with Gasteiger partial charge in [-0.3, -0.25) is 0 Å². The lowest BCUT2D eigenvalue weighted by molar-refractivity contribution is 0.277. The highest BCUT2D eigenvalue weighted by Crippen LogP contribution is 2.38. The molecule has 1 heteroatoms. The Balaban J connectivity index is 2.60. The molecule has 11 heavy (non-hydrogen) atoms. The van der Waals surface area contributed by atoms with Crippen LogP contribution in [0.3, 0.4) is 0 Å². The maximum atomic E-state index is 3.29. The van der Waals surface area contributed by atoms with Crippen molar-refractivity contribution in [3.8, 4) is 0 Å². The van der Waals surface area contributed by atoms with Crippen LogP contribution in [-0.2, 0) is 0 Å². The lowest BCUT2D eigenvalue weighted by Gasteiger charge is -2.27. The predicted octanol–water partition coefficient (Wildman–Crippen LogP) is 2.20. The third-order valence-corrected chi connectivity index (χ3v) is 3.06. The topological polar surface area (TPSA) is 12.0 Å². The third kappa shape index (κ3) is 1.64. The van der Waals surface area contributed by atoms with Crippen molar-refractivity contribution in [1.82, 2.24) is 5.32 Å². The average molecular weight is 153 g/mol. The van der Waals surface area contributed by atoms with E-state index in [9.17, 15) is 0 Å². The minimum absolute atomic E-state index is 0.424. The van der Waals surface area contributed by atoms with Gasteiger partial charge in [-0.1, -0.05) is 32.9 Å². The lowest BCUT2D eigenvalue weighted by atomic mass is 9.78. The molecule has 0 aromatic carbocycles. The van der Waals surface area contributed by atoms with Gasteiger partial charge < -0.3 is 5.32 Å². The zero-order valence-electron chi connectivity index (χ0n) is 8.02. The van der Waals surface area contributed by atoms with Crippen LogP contribution in [0.1, 0.15) is 27.2 Å². The molecule has 0 aliphatic heterocycles. The van der Waals surface area contributed by atoms with E-state index in [0.29, 0.717) is 11.5 Å². The van der Waals surface area contributed by atoms with Crippen molar-refractivity contribution in [3.63, 3.8) is 0 Å². The summed E-state index contributed by atoms with van der Waals surface area (Å²) >= 11 is 0. The van der Waals surface area contributed by atoms with Gasteiger partial charge in [-0.2, -0.15) is 0 Å². The molecule has 0 aromatic rings. The van der Waals surface area contributed by atoms with Gasteiger partial charge in [0.1, 0.15) is 0 Å². The van der Waals surface area contributed by atoms with Crippen LogP contribution in [0, 0.1) is 11.3 Å². The van der Waals surface area contributed by atoms with Crippen molar-refractivity contribution in [3.05, 3.63) is 12.2 Å². The molecule has 1 aliphatic rings. The van der Waals surface area contributed by atoms with E-state index in [0.717, 1.165) is 5.92 Å². The molecule has 0 radical (unpaired) electrons. The molecule has 1 N–H and O–H groups in total. The van der Waals surface area contributed by atoms with E-state index in [1.165, 1.54) is 6.42 Å². The fraction of sp³-hybridized carbons (Fsp3) is 0.800. The summed E-state index contributed by atoms with van der Waals surface area (Å²) in [6, 6.07) is 0.599. The molecule has 0 bridgehead atoms. The molecular formula is C10H19N. The second-order valence-corrected chi connectivity index (χ2v) is 4.12. The lowest BCUT2D eigenvalue weighted by Crippen LogP contribution is -2.27. The van der Waals surface area contributed by atoms with E-state index in [1.54, 1.807) is 0 Å². The summed E-state index contributed by atoms with van der Waals surface area (Å²) in [5, 5.41) is 3.29. The van der Waals surface area contributed by atoms with E-state index in [-0.39, 0.29) is 0 Å². The van der Waals surface area contributed by atoms with Crippen LogP contribution < -0.4 is 5.32 Å². The molecule has 64 valence electrons. The molecular weight excluding hydrogens is 134 g/mol. The molecule has 0 spiro atoms. The summed E-state index contributed by atoms with van der Waals surface area (Å²) < 4.78 is 0. The number of rotatable bonds is 2. The molecule has 1 nitrogen and oxygen atoms in total. The predicted molar refractivity (Wildman–Crippen MR) is 49.5 cm³/mol. The SMILES string of the molecule is CN[C@@H]1C=C[C@@](C)(C(C)C)C1. The fourth-order valence-corrected chi connectivity index (χ4v) is 1.57. The smallest absolute Gasteiger partial charge is 0.0255 e. The Morgan fingerprint density at radius 3 is 2.45 bits per heavy atom. The zero-order valence-corrected chi connectivity index (χ0v) is 8.02. The van der Waals surface area contributed by atoms with E-state index in [4.69, 9.17) is 0 Å². The normalized spacial score (nSPS) is 37.0. The van der Waals surface area contributed by atoms with Crippen LogP contribution in [0.4, 0.5) is 0 Å². The minimum atomic E-state index is 0.424. The monoisotopic (exact) mass is 153 g/mol. The van der Waals surface area contributed by atoms with E-state index in [1.807, 2.05) is 7.05 Å². The van der Waals surface area contributed by atoms with E-state index in [2.05, 4.69) is 38.2 Å². The van der Waals surface area contributed by atoms with Gasteiger partial charge in [-0.25, -0.2) is 0 Å². The first-order valence-corrected chi connectivity index (χ1v) is 4.45. The van der Waals surface area contributed by atoms with Crippen molar-refractivity contribution in [2.24, 2.45) is 11.3 Å². The van der Waals surface area contributed by atoms with Crippen molar-refractivity contribution in [2.45, 2.75) is 33.2 Å². The van der Waals surface area contributed by atoms with Gasteiger partial charge >= 0.3 is 0 Å². The highest BCUT2D eigenvalue weighted by Gasteiger charge is 2.31. The van der Waals surface area contributed by atoms with Crippen LogP contribution in [-0.4, -0.2) is 13.1 Å². The van der Waals surface area contributed by atoms with Gasteiger partial charge in [-0.15, -0.1) is 0 Å². The van der Waals surface area contributed by atoms with Gasteiger partial charge in [0.05, 0.1) is 0 Å². The molecule has 2 atom stereocenters. The Bertz CT molecular complexity index is 160. The molecule has 1 rings (SSSR count). The Hall–Kier alpha value is -0.300. The number of nitrogens with one attached hydrogen (secondary N) is 1. The summed E-state index contributed by atoms with van der Waals surface area (Å²) in [6.45, 7) is 6.93. The molecule has 0 unspecified atom stereocenters. The molecule has 0 saturated heterocycles. The zero-order chi connectivity index (χ0) is 8.48. The maximum Gasteiger partial charge on any atom is 0.0255 e. The molecule has 0 heterocycles. The van der Waals surface area contributed by atoms with Gasteiger partial charge in [0.15, 0.2) is 0 Å². The first-order chi connectivity index (χ1) is 5.08. The Kier molecular flexibility index (Phi) is 2.38. The number of hydrogen-bond donors (Lipinski definition) is 1. The minimum Gasteiger partial charge on any atom is -0.314 e. The van der Waals surface area contributed by atoms with Crippen molar-refractivity contribution in [2.75, 3.05) is 7.05 Å². The van der Waals surface area contributed by atoms with Gasteiger partial charge in [0.2, 0.25) is 0 Å². The first kappa shape index (κ1) is 8.79. The number of hydrogen-bond acceptors (Lipinski definition) is 1. The largest absolute Gasteiger partial charge is 0.314 e. The van der Waals surface area contributed by atoms with Crippen LogP contribution in [0.25, 0.3) is 0 Å². The molecule has 0 amide bonds. The van der Waals surface area contributed by atoms with Crippen LogP contribution >= 0.6 is 0 Å². The summed E-state index contributed by atoms with van der Waals surface area (Å²) in [5.41, 5.74) is 0.424. The fourth-order valence-electron chi connectivity index (χ4n) is 1.57. The van der Waals surface area contributed by atoms with Crippen molar-refractivity contribution < 1.29 is 0 Å². The van der Waals surface area contributed by atoms with Crippen LogP contribution in [0.2, 0.25) is 0 Å². The van der Waals surface area contributed by atoms with Crippen molar-refractivity contribution in [1.29, 1.82) is 0 Å². The highest BCUT2D eigenvalue weighted by molar-refractivity contribution is 5.12. The van der Waals surface area contributed by atoms with Crippen LogP contribution in [0.5, 0.6) is 0 Å². The maximum absolute atomic E-state index is 3.29. The summed E-state index contributed by atoms with van der Waals surface area (Å²) in [5.74, 6) is 0.747. The van der Waals surface area contributed by atoms with Gasteiger partial charge in [0, 0.05) is 6.04 Å². The Morgan fingerprint density at radius 2 is 2.18 bits per heavy atom. The van der Waals surface area contributed by atoms with Crippen molar-refractivity contribution >= 4 is 0 Å². The summed E-state index contributed by atoms with van der Waals surface area (Å²) in [6.07, 6.45) is 5.90. The number of likely N-dealkylation sites (N-methyl/N-ethyl adjacent to an activating group) is 1. The molecule has 1 aliphatic carbocycles. The first-order valence-electron chi connectivity index (χ1n) is 4.45. The molecule has 0 fully saturated rings. The van der Waals surface area contributed by atoms with Crippen LogP contribution in [0.15, 0.2) is 12.2 Å². The number of allylic oxidation sites excluding steroid dienone is 1. The molecule has 0 aromatic heterocycles. The average Bonchev–Trinajstić information content (AvgIpc) is 2.33. The standard InChI is InChI=1S/C10H19N/c1-8(2)10(3)6-5-9(7-10)11-4/h5-6,8-9,11H,7H2,1-4H3/t9-,10-/m1/s1. The van der Waals surface area contributed by atoms with E-state index >= 15 is 0 Å². The van der Waals surface area contributed by atoms with Gasteiger partial charge in [0.25, 0.3) is 0 Å². The summed E-state index contributed by atoms with van der Waals surface area (Å²) in [7, 11) is 2.03. The Labute approximate surface area is 69.9 Å². The second kappa shape index (κ2) is 2.98. The highest BCUT2D eigenvalue weighted by atomic mass is 14.9. The van der Waals surface area contributed by atoms with Gasteiger partial charge in [-0.05, 0) is 24.8 Å². The third-order valence-electron chi connectivity index (χ3n) is 3.06. The summed E-state index contributed by atoms with van der Waals surface area (Å²) in [4.78, 5) is 0. The Morgan fingerprint density at radius 1 is 1.55 bits per heavy atom. The van der Waals surface area contributed by atoms with E-state index < -0.39 is 0 Å². The quantitative estimate of drug-likeness (QED) is 0.600.